The minimum Gasteiger partial charge on any atom is -0.344 e. The maximum absolute atomic E-state index is 12.6. The van der Waals surface area contributed by atoms with E-state index < -0.39 is 0 Å². The van der Waals surface area contributed by atoms with Crippen LogP contribution in [0.25, 0.3) is 0 Å². The molecule has 0 fully saturated rings. The summed E-state index contributed by atoms with van der Waals surface area (Å²) in [6.45, 7) is 1.33. The molecule has 0 unspecified atom stereocenters. The number of pyridine rings is 1. The molecule has 6 heteroatoms. The summed E-state index contributed by atoms with van der Waals surface area (Å²) in [6, 6.07) is 13.9. The molecule has 138 valence electrons. The van der Waals surface area contributed by atoms with Crippen LogP contribution in [0.5, 0.6) is 0 Å². The summed E-state index contributed by atoms with van der Waals surface area (Å²) in [6.07, 6.45) is 7.64. The molecule has 0 aliphatic heterocycles. The third-order valence-corrected chi connectivity index (χ3v) is 4.32. The molecule has 2 aromatic heterocycles. The van der Waals surface area contributed by atoms with Gasteiger partial charge in [-0.3, -0.25) is 9.78 Å². The van der Waals surface area contributed by atoms with Gasteiger partial charge in [0.2, 0.25) is 5.95 Å². The average molecular weight is 361 g/mol. The van der Waals surface area contributed by atoms with Gasteiger partial charge in [0.15, 0.2) is 0 Å². The van der Waals surface area contributed by atoms with Crippen LogP contribution in [-0.4, -0.2) is 46.4 Å². The average Bonchev–Trinajstić information content (AvgIpc) is 2.73. The normalized spacial score (nSPS) is 10.4. The lowest BCUT2D eigenvalue weighted by Gasteiger charge is -2.19. The number of carbonyl (C=O) groups is 1. The Labute approximate surface area is 159 Å². The minimum absolute atomic E-state index is 0.0927. The van der Waals surface area contributed by atoms with Crippen LogP contribution >= 0.6 is 0 Å². The van der Waals surface area contributed by atoms with Crippen LogP contribution in [0, 0.1) is 0 Å². The van der Waals surface area contributed by atoms with Gasteiger partial charge in [-0.1, -0.05) is 30.3 Å². The fourth-order valence-corrected chi connectivity index (χ4v) is 2.72. The highest BCUT2D eigenvalue weighted by Crippen LogP contribution is 2.10. The smallest absolute Gasteiger partial charge is 0.257 e. The number of carbonyl (C=O) groups excluding carboxylic acids is 1. The van der Waals surface area contributed by atoms with Crippen molar-refractivity contribution < 1.29 is 4.79 Å². The molecule has 0 atom stereocenters. The number of rotatable bonds is 7. The van der Waals surface area contributed by atoms with E-state index in [0.29, 0.717) is 18.1 Å². The van der Waals surface area contributed by atoms with Gasteiger partial charge < -0.3 is 9.80 Å². The Morgan fingerprint density at radius 1 is 0.926 bits per heavy atom. The highest BCUT2D eigenvalue weighted by molar-refractivity contribution is 5.93. The molecule has 0 saturated carbocycles. The molecule has 0 saturated heterocycles. The van der Waals surface area contributed by atoms with E-state index in [1.165, 1.54) is 5.56 Å². The Hall–Kier alpha value is -3.28. The fourth-order valence-electron chi connectivity index (χ4n) is 2.72. The highest BCUT2D eigenvalue weighted by Gasteiger charge is 2.14. The van der Waals surface area contributed by atoms with Crippen LogP contribution in [0.2, 0.25) is 0 Å². The van der Waals surface area contributed by atoms with Gasteiger partial charge in [-0.15, -0.1) is 0 Å². The molecule has 0 bridgehead atoms. The van der Waals surface area contributed by atoms with Crippen molar-refractivity contribution in [2.24, 2.45) is 0 Å². The van der Waals surface area contributed by atoms with Gasteiger partial charge in [-0.2, -0.15) is 0 Å². The van der Waals surface area contributed by atoms with E-state index in [4.69, 9.17) is 0 Å². The van der Waals surface area contributed by atoms with Gasteiger partial charge in [0.25, 0.3) is 5.91 Å². The molecule has 3 rings (SSSR count). The van der Waals surface area contributed by atoms with Crippen molar-refractivity contribution in [2.75, 3.05) is 25.5 Å². The first-order valence-electron chi connectivity index (χ1n) is 8.85. The van der Waals surface area contributed by atoms with Gasteiger partial charge >= 0.3 is 0 Å². The maximum Gasteiger partial charge on any atom is 0.257 e. The molecular formula is C21H23N5O. The lowest BCUT2D eigenvalue weighted by Crippen LogP contribution is -2.27. The molecule has 2 heterocycles. The van der Waals surface area contributed by atoms with E-state index in [2.05, 4.69) is 15.0 Å². The molecule has 3 aromatic rings. The standard InChI is InChI=1S/C21H23N5O/c1-25(13-10-17-8-11-22-12-9-17)21-23-14-19(15-24-21)20(27)26(2)16-18-6-4-3-5-7-18/h3-9,11-12,14-15H,10,13,16H2,1-2H3. The van der Waals surface area contributed by atoms with E-state index in [-0.39, 0.29) is 5.91 Å². The fraction of sp³-hybridized carbons (Fsp3) is 0.238. The lowest BCUT2D eigenvalue weighted by molar-refractivity contribution is 0.0784. The Balaban J connectivity index is 1.58. The van der Waals surface area contributed by atoms with Crippen molar-refractivity contribution in [1.29, 1.82) is 0 Å². The largest absolute Gasteiger partial charge is 0.344 e. The van der Waals surface area contributed by atoms with Crippen LogP contribution in [0.1, 0.15) is 21.5 Å². The molecule has 27 heavy (non-hydrogen) atoms. The summed E-state index contributed by atoms with van der Waals surface area (Å²) >= 11 is 0. The van der Waals surface area contributed by atoms with E-state index in [1.54, 1.807) is 36.7 Å². The molecule has 0 aliphatic rings. The topological polar surface area (TPSA) is 62.2 Å². The number of benzene rings is 1. The van der Waals surface area contributed by atoms with Crippen molar-refractivity contribution in [3.63, 3.8) is 0 Å². The second kappa shape index (κ2) is 8.89. The zero-order chi connectivity index (χ0) is 19.1. The van der Waals surface area contributed by atoms with Crippen molar-refractivity contribution in [1.82, 2.24) is 19.9 Å². The molecule has 0 N–H and O–H groups in total. The van der Waals surface area contributed by atoms with Crippen LogP contribution in [0.15, 0.2) is 67.3 Å². The molecule has 6 nitrogen and oxygen atoms in total. The SMILES string of the molecule is CN(Cc1ccccc1)C(=O)c1cnc(N(C)CCc2ccncc2)nc1. The number of aromatic nitrogens is 3. The van der Waals surface area contributed by atoms with E-state index in [1.807, 2.05) is 54.4 Å². The molecule has 1 amide bonds. The van der Waals surface area contributed by atoms with Crippen LogP contribution < -0.4 is 4.90 Å². The summed E-state index contributed by atoms with van der Waals surface area (Å²) < 4.78 is 0. The molecule has 0 spiro atoms. The van der Waals surface area contributed by atoms with Crippen LogP contribution in [0.4, 0.5) is 5.95 Å². The number of anilines is 1. The van der Waals surface area contributed by atoms with Gasteiger partial charge in [0.1, 0.15) is 0 Å². The minimum atomic E-state index is -0.0927. The first-order valence-corrected chi connectivity index (χ1v) is 8.85. The Morgan fingerprint density at radius 3 is 2.26 bits per heavy atom. The Morgan fingerprint density at radius 2 is 1.59 bits per heavy atom. The second-order valence-corrected chi connectivity index (χ2v) is 6.45. The summed E-state index contributed by atoms with van der Waals surface area (Å²) in [5.74, 6) is 0.510. The van der Waals surface area contributed by atoms with Crippen molar-refractivity contribution in [3.05, 3.63) is 83.9 Å². The Bertz CT molecular complexity index is 853. The summed E-state index contributed by atoms with van der Waals surface area (Å²) in [7, 11) is 3.73. The van der Waals surface area contributed by atoms with Gasteiger partial charge in [0, 0.05) is 52.0 Å². The summed E-state index contributed by atoms with van der Waals surface area (Å²) in [5.41, 5.74) is 2.78. The highest BCUT2D eigenvalue weighted by atomic mass is 16.2. The van der Waals surface area contributed by atoms with E-state index in [0.717, 1.165) is 18.5 Å². The van der Waals surface area contributed by atoms with Crippen molar-refractivity contribution >= 4 is 11.9 Å². The third kappa shape index (κ3) is 5.10. The van der Waals surface area contributed by atoms with E-state index in [9.17, 15) is 4.79 Å². The summed E-state index contributed by atoms with van der Waals surface area (Å²) in [4.78, 5) is 28.9. The zero-order valence-corrected chi connectivity index (χ0v) is 15.6. The third-order valence-electron chi connectivity index (χ3n) is 4.32. The van der Waals surface area contributed by atoms with Crippen LogP contribution in [0.3, 0.4) is 0 Å². The van der Waals surface area contributed by atoms with Gasteiger partial charge in [0.05, 0.1) is 5.56 Å². The van der Waals surface area contributed by atoms with Gasteiger partial charge in [-0.05, 0) is 29.7 Å². The van der Waals surface area contributed by atoms with Gasteiger partial charge in [-0.25, -0.2) is 9.97 Å². The number of amides is 1. The molecule has 0 aliphatic carbocycles. The number of likely N-dealkylation sites (N-methyl/N-ethyl adjacent to an activating group) is 1. The number of hydrogen-bond acceptors (Lipinski definition) is 5. The Kier molecular flexibility index (Phi) is 6.10. The quantitative estimate of drug-likeness (QED) is 0.648. The maximum atomic E-state index is 12.6. The number of hydrogen-bond donors (Lipinski definition) is 0. The first kappa shape index (κ1) is 18.5. The lowest BCUT2D eigenvalue weighted by atomic mass is 10.2. The predicted octanol–water partition coefficient (Wildman–Crippen LogP) is 2.82. The van der Waals surface area contributed by atoms with Crippen molar-refractivity contribution in [3.8, 4) is 0 Å². The molecule has 0 radical (unpaired) electrons. The molecule has 1 aromatic carbocycles. The first-order chi connectivity index (χ1) is 13.1. The predicted molar refractivity (Wildman–Crippen MR) is 105 cm³/mol. The monoisotopic (exact) mass is 361 g/mol. The molecular weight excluding hydrogens is 338 g/mol. The second-order valence-electron chi connectivity index (χ2n) is 6.45. The summed E-state index contributed by atoms with van der Waals surface area (Å²) in [5, 5.41) is 0. The van der Waals surface area contributed by atoms with E-state index >= 15 is 0 Å². The number of nitrogens with zero attached hydrogens (tertiary/aromatic N) is 5. The van der Waals surface area contributed by atoms with Crippen LogP contribution in [-0.2, 0) is 13.0 Å². The van der Waals surface area contributed by atoms with Crippen molar-refractivity contribution in [2.45, 2.75) is 13.0 Å². The zero-order valence-electron chi connectivity index (χ0n) is 15.6.